The van der Waals surface area contributed by atoms with Gasteiger partial charge in [-0.25, -0.2) is 0 Å². The lowest BCUT2D eigenvalue weighted by Crippen LogP contribution is -2.42. The average Bonchev–Trinajstić information content (AvgIpc) is 2.45. The van der Waals surface area contributed by atoms with Gasteiger partial charge in [0.25, 0.3) is 0 Å². The summed E-state index contributed by atoms with van der Waals surface area (Å²) in [6, 6.07) is 9.51. The van der Waals surface area contributed by atoms with Crippen molar-refractivity contribution in [2.24, 2.45) is 0 Å². The quantitative estimate of drug-likeness (QED) is 0.905. The van der Waals surface area contributed by atoms with Crippen molar-refractivity contribution in [1.82, 2.24) is 5.32 Å². The van der Waals surface area contributed by atoms with Gasteiger partial charge in [0.1, 0.15) is 0 Å². The van der Waals surface area contributed by atoms with Crippen LogP contribution in [0.25, 0.3) is 0 Å². The van der Waals surface area contributed by atoms with Crippen LogP contribution in [0.4, 0.5) is 0 Å². The minimum atomic E-state index is 0.230. The number of hydrogen-bond acceptors (Lipinski definition) is 2. The highest BCUT2D eigenvalue weighted by Gasteiger charge is 2.23. The van der Waals surface area contributed by atoms with Gasteiger partial charge in [0.15, 0.2) is 0 Å². The van der Waals surface area contributed by atoms with E-state index in [9.17, 15) is 0 Å². The lowest BCUT2D eigenvalue weighted by molar-refractivity contribution is -0.00587. The largest absolute Gasteiger partial charge is 0.377 e. The van der Waals surface area contributed by atoms with Gasteiger partial charge in [0.2, 0.25) is 0 Å². The second-order valence-corrected chi connectivity index (χ2v) is 6.95. The van der Waals surface area contributed by atoms with E-state index < -0.39 is 0 Å². The van der Waals surface area contributed by atoms with Crippen molar-refractivity contribution in [3.8, 4) is 0 Å². The van der Waals surface area contributed by atoms with E-state index in [1.165, 1.54) is 30.4 Å². The van der Waals surface area contributed by atoms with E-state index in [2.05, 4.69) is 50.4 Å². The molecular weight excluding hydrogens is 246 g/mol. The fraction of sp³-hybridized carbons (Fsp3) is 0.667. The molecule has 2 atom stereocenters. The van der Waals surface area contributed by atoms with Gasteiger partial charge in [-0.2, -0.15) is 0 Å². The third-order valence-corrected chi connectivity index (χ3v) is 4.31. The first kappa shape index (κ1) is 15.5. The second kappa shape index (κ2) is 6.73. The molecule has 1 aromatic rings. The molecule has 1 aliphatic heterocycles. The van der Waals surface area contributed by atoms with E-state index >= 15 is 0 Å². The number of benzene rings is 1. The van der Waals surface area contributed by atoms with Crippen molar-refractivity contribution in [2.45, 2.75) is 64.0 Å². The van der Waals surface area contributed by atoms with Crippen molar-refractivity contribution in [1.29, 1.82) is 0 Å². The highest BCUT2D eigenvalue weighted by molar-refractivity contribution is 5.28. The molecule has 1 N–H and O–H groups in total. The molecule has 1 fully saturated rings. The summed E-state index contributed by atoms with van der Waals surface area (Å²) in [5, 5.41) is 3.44. The van der Waals surface area contributed by atoms with Crippen molar-refractivity contribution in [3.05, 3.63) is 35.4 Å². The number of likely N-dealkylation sites (N-methyl/N-ethyl adjacent to an activating group) is 1. The Morgan fingerprint density at radius 1 is 1.20 bits per heavy atom. The van der Waals surface area contributed by atoms with Gasteiger partial charge in [-0.05, 0) is 49.3 Å². The Balaban J connectivity index is 2.00. The SMILES string of the molecule is CNC(Cc1ccc(C(C)(C)C)cc1)C1CCCCO1. The van der Waals surface area contributed by atoms with Crippen LogP contribution in [0.3, 0.4) is 0 Å². The zero-order valence-corrected chi connectivity index (χ0v) is 13.4. The van der Waals surface area contributed by atoms with E-state index in [1.54, 1.807) is 0 Å². The topological polar surface area (TPSA) is 21.3 Å². The third-order valence-electron chi connectivity index (χ3n) is 4.31. The first-order chi connectivity index (χ1) is 9.50. The van der Waals surface area contributed by atoms with Crippen LogP contribution in [0.1, 0.15) is 51.2 Å². The Morgan fingerprint density at radius 3 is 2.40 bits per heavy atom. The molecule has 0 amide bonds. The first-order valence-corrected chi connectivity index (χ1v) is 7.89. The Hall–Kier alpha value is -0.860. The van der Waals surface area contributed by atoms with Gasteiger partial charge in [-0.3, -0.25) is 0 Å². The van der Waals surface area contributed by atoms with Gasteiger partial charge < -0.3 is 10.1 Å². The van der Waals surface area contributed by atoms with Crippen LogP contribution in [-0.2, 0) is 16.6 Å². The molecule has 1 heterocycles. The third kappa shape index (κ3) is 4.07. The van der Waals surface area contributed by atoms with Crippen molar-refractivity contribution in [2.75, 3.05) is 13.7 Å². The van der Waals surface area contributed by atoms with Crippen LogP contribution in [0.15, 0.2) is 24.3 Å². The summed E-state index contributed by atoms with van der Waals surface area (Å²) < 4.78 is 5.92. The molecule has 20 heavy (non-hydrogen) atoms. The number of hydrogen-bond donors (Lipinski definition) is 1. The molecule has 2 heteroatoms. The summed E-state index contributed by atoms with van der Waals surface area (Å²) in [7, 11) is 2.05. The molecule has 1 aromatic carbocycles. The summed E-state index contributed by atoms with van der Waals surface area (Å²) in [5.74, 6) is 0. The molecular formula is C18H29NO. The highest BCUT2D eigenvalue weighted by atomic mass is 16.5. The molecule has 2 unspecified atom stereocenters. The van der Waals surface area contributed by atoms with Crippen LogP contribution in [-0.4, -0.2) is 25.8 Å². The van der Waals surface area contributed by atoms with Crippen LogP contribution in [0.2, 0.25) is 0 Å². The monoisotopic (exact) mass is 275 g/mol. The van der Waals surface area contributed by atoms with Gasteiger partial charge in [0, 0.05) is 12.6 Å². The van der Waals surface area contributed by atoms with E-state index in [-0.39, 0.29) is 5.41 Å². The molecule has 0 spiro atoms. The summed E-state index contributed by atoms with van der Waals surface area (Å²) in [6.45, 7) is 7.70. The summed E-state index contributed by atoms with van der Waals surface area (Å²) >= 11 is 0. The van der Waals surface area contributed by atoms with Gasteiger partial charge >= 0.3 is 0 Å². The Kier molecular flexibility index (Phi) is 5.22. The second-order valence-electron chi connectivity index (χ2n) is 6.95. The molecule has 1 aliphatic rings. The molecule has 0 bridgehead atoms. The molecule has 0 aromatic heterocycles. The lowest BCUT2D eigenvalue weighted by Gasteiger charge is -2.30. The molecule has 0 aliphatic carbocycles. The minimum absolute atomic E-state index is 0.230. The van der Waals surface area contributed by atoms with Crippen molar-refractivity contribution < 1.29 is 4.74 Å². The normalized spacial score (nSPS) is 21.7. The summed E-state index contributed by atoms with van der Waals surface area (Å²) in [6.07, 6.45) is 5.12. The van der Waals surface area contributed by atoms with Crippen LogP contribution >= 0.6 is 0 Å². The zero-order valence-electron chi connectivity index (χ0n) is 13.4. The minimum Gasteiger partial charge on any atom is -0.377 e. The molecule has 0 radical (unpaired) electrons. The van der Waals surface area contributed by atoms with Gasteiger partial charge in [-0.15, -0.1) is 0 Å². The molecule has 2 nitrogen and oxygen atoms in total. The fourth-order valence-corrected chi connectivity index (χ4v) is 2.90. The van der Waals surface area contributed by atoms with E-state index in [0.717, 1.165) is 13.0 Å². The maximum atomic E-state index is 5.92. The molecule has 2 rings (SSSR count). The molecule has 112 valence electrons. The van der Waals surface area contributed by atoms with Crippen LogP contribution in [0.5, 0.6) is 0 Å². The molecule has 1 saturated heterocycles. The van der Waals surface area contributed by atoms with E-state index in [0.29, 0.717) is 12.1 Å². The Labute approximate surface area is 123 Å². The van der Waals surface area contributed by atoms with Gasteiger partial charge in [-0.1, -0.05) is 45.0 Å². The predicted octanol–water partition coefficient (Wildman–Crippen LogP) is 3.68. The Bertz CT molecular complexity index is 398. The summed E-state index contributed by atoms with van der Waals surface area (Å²) in [4.78, 5) is 0. The fourth-order valence-electron chi connectivity index (χ4n) is 2.90. The van der Waals surface area contributed by atoms with Crippen molar-refractivity contribution >= 4 is 0 Å². The zero-order chi connectivity index (χ0) is 14.6. The standard InChI is InChI=1S/C18H29NO/c1-18(2,3)15-10-8-14(9-11-15)13-16(19-4)17-7-5-6-12-20-17/h8-11,16-17,19H,5-7,12-13H2,1-4H3. The Morgan fingerprint density at radius 2 is 1.90 bits per heavy atom. The van der Waals surface area contributed by atoms with E-state index in [1.807, 2.05) is 7.05 Å². The smallest absolute Gasteiger partial charge is 0.0731 e. The maximum absolute atomic E-state index is 5.92. The maximum Gasteiger partial charge on any atom is 0.0731 e. The number of ether oxygens (including phenoxy) is 1. The lowest BCUT2D eigenvalue weighted by atomic mass is 9.86. The number of rotatable bonds is 4. The number of nitrogens with one attached hydrogen (secondary N) is 1. The van der Waals surface area contributed by atoms with E-state index in [4.69, 9.17) is 4.74 Å². The summed E-state index contributed by atoms with van der Waals surface area (Å²) in [5.41, 5.74) is 3.02. The highest BCUT2D eigenvalue weighted by Crippen LogP contribution is 2.23. The van der Waals surface area contributed by atoms with Gasteiger partial charge in [0.05, 0.1) is 6.10 Å². The first-order valence-electron chi connectivity index (χ1n) is 7.89. The van der Waals surface area contributed by atoms with Crippen LogP contribution < -0.4 is 5.32 Å². The predicted molar refractivity (Wildman–Crippen MR) is 85.3 cm³/mol. The van der Waals surface area contributed by atoms with Crippen molar-refractivity contribution in [3.63, 3.8) is 0 Å². The van der Waals surface area contributed by atoms with Crippen LogP contribution in [0, 0.1) is 0 Å². The average molecular weight is 275 g/mol. The molecule has 0 saturated carbocycles.